The van der Waals surface area contributed by atoms with Gasteiger partial charge in [0.25, 0.3) is 0 Å². The van der Waals surface area contributed by atoms with Gasteiger partial charge < -0.3 is 19.7 Å². The molecule has 134 valence electrons. The van der Waals surface area contributed by atoms with Gasteiger partial charge in [-0.15, -0.1) is 0 Å². The van der Waals surface area contributed by atoms with Gasteiger partial charge >= 0.3 is 0 Å². The third-order valence-corrected chi connectivity index (χ3v) is 4.50. The van der Waals surface area contributed by atoms with Crippen LogP contribution in [0.25, 0.3) is 0 Å². The van der Waals surface area contributed by atoms with Gasteiger partial charge in [-0.1, -0.05) is 6.07 Å². The average Bonchev–Trinajstić information content (AvgIpc) is 2.57. The van der Waals surface area contributed by atoms with Crippen LogP contribution in [0.15, 0.2) is 18.2 Å². The van der Waals surface area contributed by atoms with Crippen molar-refractivity contribution in [2.75, 3.05) is 54.0 Å². The van der Waals surface area contributed by atoms with Crippen LogP contribution < -0.4 is 14.8 Å². The Morgan fingerprint density at radius 1 is 1.25 bits per heavy atom. The zero-order valence-electron chi connectivity index (χ0n) is 15.2. The van der Waals surface area contributed by atoms with Crippen LogP contribution in [-0.4, -0.2) is 75.7 Å². The summed E-state index contributed by atoms with van der Waals surface area (Å²) in [7, 11) is 5.37. The van der Waals surface area contributed by atoms with Crippen LogP contribution in [0.3, 0.4) is 0 Å². The summed E-state index contributed by atoms with van der Waals surface area (Å²) in [6.07, 6.45) is 0.768. The number of amides is 1. The van der Waals surface area contributed by atoms with Crippen LogP contribution in [-0.2, 0) is 11.2 Å². The Morgan fingerprint density at radius 3 is 2.67 bits per heavy atom. The number of hydrogen-bond donors (Lipinski definition) is 1. The van der Waals surface area contributed by atoms with Crippen LogP contribution in [0.1, 0.15) is 12.5 Å². The molecule has 0 aliphatic carbocycles. The minimum absolute atomic E-state index is 0.0897. The van der Waals surface area contributed by atoms with E-state index < -0.39 is 0 Å². The number of rotatable bonds is 7. The quantitative estimate of drug-likeness (QED) is 0.806. The topological polar surface area (TPSA) is 54.0 Å². The van der Waals surface area contributed by atoms with Gasteiger partial charge in [0.1, 0.15) is 0 Å². The largest absolute Gasteiger partial charge is 0.493 e. The predicted octanol–water partition coefficient (Wildman–Crippen LogP) is 0.998. The third-order valence-electron chi connectivity index (χ3n) is 4.50. The molecule has 24 heavy (non-hydrogen) atoms. The van der Waals surface area contributed by atoms with E-state index in [9.17, 15) is 4.79 Å². The van der Waals surface area contributed by atoms with E-state index in [1.54, 1.807) is 14.2 Å². The summed E-state index contributed by atoms with van der Waals surface area (Å²) in [6.45, 7) is 6.24. The fraction of sp³-hybridized carbons (Fsp3) is 0.611. The van der Waals surface area contributed by atoms with Gasteiger partial charge in [0.15, 0.2) is 11.5 Å². The first-order valence-corrected chi connectivity index (χ1v) is 8.43. The summed E-state index contributed by atoms with van der Waals surface area (Å²) < 4.78 is 10.5. The van der Waals surface area contributed by atoms with Crippen LogP contribution in [0.5, 0.6) is 11.5 Å². The number of nitrogens with one attached hydrogen (secondary N) is 1. The van der Waals surface area contributed by atoms with E-state index in [0.29, 0.717) is 30.6 Å². The van der Waals surface area contributed by atoms with E-state index in [2.05, 4.69) is 29.1 Å². The van der Waals surface area contributed by atoms with E-state index in [1.165, 1.54) is 0 Å². The standard InChI is InChI=1S/C18H29N3O3/c1-14-12-20(2)9-10-21(14)13-18(22)19-8-7-15-5-6-16(23-3)17(11-15)24-4/h5-6,11,14H,7-10,12-13H2,1-4H3,(H,19,22). The Morgan fingerprint density at radius 2 is 2.00 bits per heavy atom. The van der Waals surface area contributed by atoms with Crippen molar-refractivity contribution in [2.24, 2.45) is 0 Å². The highest BCUT2D eigenvalue weighted by atomic mass is 16.5. The highest BCUT2D eigenvalue weighted by molar-refractivity contribution is 5.78. The van der Waals surface area contributed by atoms with Crippen LogP contribution in [0, 0.1) is 0 Å². The highest BCUT2D eigenvalue weighted by Crippen LogP contribution is 2.27. The van der Waals surface area contributed by atoms with Gasteiger partial charge in [0.2, 0.25) is 5.91 Å². The van der Waals surface area contributed by atoms with Crippen molar-refractivity contribution >= 4 is 5.91 Å². The van der Waals surface area contributed by atoms with Gasteiger partial charge in [-0.2, -0.15) is 0 Å². The summed E-state index contributed by atoms with van der Waals surface area (Å²) in [5.74, 6) is 1.52. The molecule has 1 amide bonds. The third kappa shape index (κ3) is 5.11. The number of carbonyl (C=O) groups excluding carboxylic acids is 1. The normalized spacial score (nSPS) is 19.1. The molecule has 1 atom stereocenters. The van der Waals surface area contributed by atoms with Crippen LogP contribution >= 0.6 is 0 Å². The van der Waals surface area contributed by atoms with Gasteiger partial charge in [-0.25, -0.2) is 0 Å². The Bertz CT molecular complexity index is 550. The van der Waals surface area contributed by atoms with Crippen molar-refractivity contribution in [1.82, 2.24) is 15.1 Å². The number of nitrogens with zero attached hydrogens (tertiary/aromatic N) is 2. The Hall–Kier alpha value is -1.79. The Kier molecular flexibility index (Phi) is 6.87. The predicted molar refractivity (Wildman–Crippen MR) is 94.8 cm³/mol. The summed E-state index contributed by atoms with van der Waals surface area (Å²) in [5.41, 5.74) is 1.11. The molecule has 1 fully saturated rings. The lowest BCUT2D eigenvalue weighted by Crippen LogP contribution is -2.53. The number of piperazine rings is 1. The number of methoxy groups -OCH3 is 2. The first-order valence-electron chi connectivity index (χ1n) is 8.43. The first kappa shape index (κ1) is 18.5. The van der Waals surface area contributed by atoms with E-state index in [1.807, 2.05) is 18.2 Å². The average molecular weight is 335 g/mol. The monoisotopic (exact) mass is 335 g/mol. The molecule has 1 N–H and O–H groups in total. The zero-order chi connectivity index (χ0) is 17.5. The Labute approximate surface area is 144 Å². The lowest BCUT2D eigenvalue weighted by molar-refractivity contribution is -0.123. The van der Waals surface area contributed by atoms with Crippen molar-refractivity contribution in [1.29, 1.82) is 0 Å². The minimum Gasteiger partial charge on any atom is -0.493 e. The SMILES string of the molecule is COc1ccc(CCNC(=O)CN2CCN(C)CC2C)cc1OC. The summed E-state index contributed by atoms with van der Waals surface area (Å²) in [6, 6.07) is 6.26. The molecule has 1 saturated heterocycles. The number of hydrogen-bond acceptors (Lipinski definition) is 5. The summed E-state index contributed by atoms with van der Waals surface area (Å²) in [5, 5.41) is 3.01. The molecule has 2 rings (SSSR count). The molecule has 0 spiro atoms. The molecule has 1 aliphatic heterocycles. The lowest BCUT2D eigenvalue weighted by Gasteiger charge is -2.37. The molecule has 0 aromatic heterocycles. The number of benzene rings is 1. The van der Waals surface area contributed by atoms with Gasteiger partial charge in [0.05, 0.1) is 20.8 Å². The highest BCUT2D eigenvalue weighted by Gasteiger charge is 2.22. The molecule has 0 bridgehead atoms. The summed E-state index contributed by atoms with van der Waals surface area (Å²) >= 11 is 0. The molecular weight excluding hydrogens is 306 g/mol. The van der Waals surface area contributed by atoms with Crippen molar-refractivity contribution in [3.05, 3.63) is 23.8 Å². The van der Waals surface area contributed by atoms with Crippen LogP contribution in [0.2, 0.25) is 0 Å². The minimum atomic E-state index is 0.0897. The second-order valence-electron chi connectivity index (χ2n) is 6.37. The molecule has 1 aliphatic rings. The first-order chi connectivity index (χ1) is 11.5. The second kappa shape index (κ2) is 8.89. The fourth-order valence-corrected chi connectivity index (χ4v) is 3.04. The van der Waals surface area contributed by atoms with E-state index in [-0.39, 0.29) is 5.91 Å². The molecule has 6 nitrogen and oxygen atoms in total. The van der Waals surface area contributed by atoms with Crippen molar-refractivity contribution in [2.45, 2.75) is 19.4 Å². The van der Waals surface area contributed by atoms with Crippen molar-refractivity contribution in [3.63, 3.8) is 0 Å². The number of ether oxygens (including phenoxy) is 2. The van der Waals surface area contributed by atoms with Crippen molar-refractivity contribution in [3.8, 4) is 11.5 Å². The molecule has 1 unspecified atom stereocenters. The zero-order valence-corrected chi connectivity index (χ0v) is 15.2. The number of likely N-dealkylation sites (N-methyl/N-ethyl adjacent to an activating group) is 1. The Balaban J connectivity index is 1.76. The van der Waals surface area contributed by atoms with Crippen molar-refractivity contribution < 1.29 is 14.3 Å². The molecule has 6 heteroatoms. The van der Waals surface area contributed by atoms with E-state index >= 15 is 0 Å². The smallest absolute Gasteiger partial charge is 0.234 e. The van der Waals surface area contributed by atoms with Gasteiger partial charge in [-0.3, -0.25) is 9.69 Å². The number of carbonyl (C=O) groups is 1. The molecule has 0 saturated carbocycles. The molecule has 1 aromatic rings. The fourth-order valence-electron chi connectivity index (χ4n) is 3.04. The van der Waals surface area contributed by atoms with Gasteiger partial charge in [-0.05, 0) is 38.1 Å². The maximum Gasteiger partial charge on any atom is 0.234 e. The van der Waals surface area contributed by atoms with E-state index in [4.69, 9.17) is 9.47 Å². The van der Waals surface area contributed by atoms with E-state index in [0.717, 1.165) is 31.6 Å². The lowest BCUT2D eigenvalue weighted by atomic mass is 10.1. The molecular formula is C18H29N3O3. The maximum atomic E-state index is 12.1. The summed E-state index contributed by atoms with van der Waals surface area (Å²) in [4.78, 5) is 16.7. The molecule has 1 aromatic carbocycles. The molecule has 1 heterocycles. The van der Waals surface area contributed by atoms with Crippen LogP contribution in [0.4, 0.5) is 0 Å². The second-order valence-corrected chi connectivity index (χ2v) is 6.37. The maximum absolute atomic E-state index is 12.1. The van der Waals surface area contributed by atoms with Gasteiger partial charge in [0, 0.05) is 32.2 Å². The molecule has 0 radical (unpaired) electrons.